The number of carbonyl (C=O) groups excluding carboxylic acids is 3. The van der Waals surface area contributed by atoms with Gasteiger partial charge in [0.15, 0.2) is 5.78 Å². The lowest BCUT2D eigenvalue weighted by atomic mass is 9.99. The van der Waals surface area contributed by atoms with E-state index in [0.29, 0.717) is 30.5 Å². The van der Waals surface area contributed by atoms with Crippen molar-refractivity contribution in [3.8, 4) is 0 Å². The van der Waals surface area contributed by atoms with Gasteiger partial charge in [0, 0.05) is 17.7 Å². The number of nitrogens with two attached hydrogens (primary N) is 1. The Morgan fingerprint density at radius 3 is 2.26 bits per heavy atom. The molecule has 1 aliphatic heterocycles. The number of hydrogen-bond acceptors (Lipinski definition) is 5. The Hall–Kier alpha value is -2.99. The first-order valence-electron chi connectivity index (χ1n) is 10.6. The molecule has 0 aliphatic carbocycles. The number of ketones is 1. The number of hydrogen-bond donors (Lipinski definition) is 1. The van der Waals surface area contributed by atoms with Gasteiger partial charge in [-0.05, 0) is 45.6 Å². The standard InChI is InChI=1S/C25H30N2O4/c1-25(2,3)31-24(30)21-10-7-15-27(21)23(29)20(26)16-17-11-13-19(14-12-17)22(28)18-8-5-4-6-9-18/h4-6,8-9,11-14,20-21H,7,10,15-16,26H2,1-3H3/t20-,21-/m0/s1. The van der Waals surface area contributed by atoms with Crippen LogP contribution in [0.4, 0.5) is 0 Å². The SMILES string of the molecule is CC(C)(C)OC(=O)[C@@H]1CCCN1C(=O)[C@@H](N)Cc1ccc(C(=O)c2ccccc2)cc1. The molecule has 1 saturated heterocycles. The third kappa shape index (κ3) is 5.79. The van der Waals surface area contributed by atoms with Gasteiger partial charge in [-0.25, -0.2) is 4.79 Å². The summed E-state index contributed by atoms with van der Waals surface area (Å²) in [5, 5.41) is 0. The first-order chi connectivity index (χ1) is 14.7. The fourth-order valence-electron chi connectivity index (χ4n) is 3.75. The zero-order valence-electron chi connectivity index (χ0n) is 18.3. The van der Waals surface area contributed by atoms with E-state index >= 15 is 0 Å². The summed E-state index contributed by atoms with van der Waals surface area (Å²) in [6.07, 6.45) is 1.67. The largest absolute Gasteiger partial charge is 0.458 e. The number of rotatable bonds is 6. The highest BCUT2D eigenvalue weighted by Gasteiger charge is 2.38. The van der Waals surface area contributed by atoms with Crippen LogP contribution in [0.15, 0.2) is 54.6 Å². The van der Waals surface area contributed by atoms with Crippen molar-refractivity contribution in [2.24, 2.45) is 5.73 Å². The topological polar surface area (TPSA) is 89.7 Å². The van der Waals surface area contributed by atoms with Crippen molar-refractivity contribution in [1.82, 2.24) is 4.90 Å². The number of nitrogens with zero attached hydrogens (tertiary/aromatic N) is 1. The van der Waals surface area contributed by atoms with Crippen LogP contribution in [-0.2, 0) is 20.7 Å². The van der Waals surface area contributed by atoms with Crippen LogP contribution in [0.1, 0.15) is 55.1 Å². The fraction of sp³-hybridized carbons (Fsp3) is 0.400. The number of carbonyl (C=O) groups is 3. The van der Waals surface area contributed by atoms with Gasteiger partial charge in [-0.2, -0.15) is 0 Å². The maximum atomic E-state index is 12.9. The van der Waals surface area contributed by atoms with Crippen molar-refractivity contribution in [2.75, 3.05) is 6.54 Å². The highest BCUT2D eigenvalue weighted by molar-refractivity contribution is 6.08. The second-order valence-electron chi connectivity index (χ2n) is 8.93. The molecule has 2 atom stereocenters. The molecule has 164 valence electrons. The molecule has 1 fully saturated rings. The van der Waals surface area contributed by atoms with Crippen LogP contribution in [0.3, 0.4) is 0 Å². The summed E-state index contributed by atoms with van der Waals surface area (Å²) in [6.45, 7) is 5.93. The van der Waals surface area contributed by atoms with Gasteiger partial charge in [-0.15, -0.1) is 0 Å². The first kappa shape index (κ1) is 22.7. The molecule has 1 amide bonds. The minimum atomic E-state index is -0.765. The number of amides is 1. The molecule has 31 heavy (non-hydrogen) atoms. The molecule has 0 spiro atoms. The summed E-state index contributed by atoms with van der Waals surface area (Å²) >= 11 is 0. The average Bonchev–Trinajstić information content (AvgIpc) is 3.23. The average molecular weight is 423 g/mol. The van der Waals surface area contributed by atoms with E-state index in [0.717, 1.165) is 12.0 Å². The van der Waals surface area contributed by atoms with Crippen molar-refractivity contribution in [3.63, 3.8) is 0 Å². The Kier molecular flexibility index (Phi) is 6.91. The van der Waals surface area contributed by atoms with E-state index in [2.05, 4.69) is 0 Å². The Bertz CT molecular complexity index is 932. The summed E-state index contributed by atoms with van der Waals surface area (Å²) < 4.78 is 5.47. The third-order valence-electron chi connectivity index (χ3n) is 5.24. The Morgan fingerprint density at radius 2 is 1.65 bits per heavy atom. The lowest BCUT2D eigenvalue weighted by Crippen LogP contribution is -2.50. The maximum absolute atomic E-state index is 12.9. The van der Waals surface area contributed by atoms with E-state index in [9.17, 15) is 14.4 Å². The molecule has 0 unspecified atom stereocenters. The lowest BCUT2D eigenvalue weighted by Gasteiger charge is -2.29. The van der Waals surface area contributed by atoms with Crippen LogP contribution in [-0.4, -0.2) is 46.8 Å². The molecule has 0 aromatic heterocycles. The predicted molar refractivity (Wildman–Crippen MR) is 119 cm³/mol. The van der Waals surface area contributed by atoms with Gasteiger partial charge >= 0.3 is 5.97 Å². The van der Waals surface area contributed by atoms with Crippen molar-refractivity contribution >= 4 is 17.7 Å². The van der Waals surface area contributed by atoms with E-state index < -0.39 is 17.7 Å². The van der Waals surface area contributed by atoms with Crippen LogP contribution in [0, 0.1) is 0 Å². The van der Waals surface area contributed by atoms with Gasteiger partial charge in [-0.1, -0.05) is 54.6 Å². The molecule has 3 rings (SSSR count). The molecule has 0 saturated carbocycles. The van der Waals surface area contributed by atoms with Crippen molar-refractivity contribution in [3.05, 3.63) is 71.3 Å². The summed E-state index contributed by atoms with van der Waals surface area (Å²) in [5.41, 5.74) is 7.67. The Labute approximate surface area is 183 Å². The predicted octanol–water partition coefficient (Wildman–Crippen LogP) is 3.12. The smallest absolute Gasteiger partial charge is 0.329 e. The van der Waals surface area contributed by atoms with Gasteiger partial charge in [0.25, 0.3) is 0 Å². The van der Waals surface area contributed by atoms with Crippen molar-refractivity contribution in [2.45, 2.75) is 57.7 Å². The van der Waals surface area contributed by atoms with Crippen LogP contribution in [0.25, 0.3) is 0 Å². The fourth-order valence-corrected chi connectivity index (χ4v) is 3.75. The second kappa shape index (κ2) is 9.43. The lowest BCUT2D eigenvalue weighted by molar-refractivity contribution is -0.163. The third-order valence-corrected chi connectivity index (χ3v) is 5.24. The summed E-state index contributed by atoms with van der Waals surface area (Å²) in [4.78, 5) is 39.5. The Morgan fingerprint density at radius 1 is 1.03 bits per heavy atom. The molecular formula is C25H30N2O4. The highest BCUT2D eigenvalue weighted by Crippen LogP contribution is 2.22. The zero-order chi connectivity index (χ0) is 22.6. The number of benzene rings is 2. The van der Waals surface area contributed by atoms with E-state index in [-0.39, 0.29) is 17.7 Å². The molecule has 6 nitrogen and oxygen atoms in total. The Balaban J connectivity index is 1.63. The first-order valence-corrected chi connectivity index (χ1v) is 10.6. The van der Waals surface area contributed by atoms with Gasteiger partial charge < -0.3 is 15.4 Å². The molecule has 1 aliphatic rings. The van der Waals surface area contributed by atoms with Crippen LogP contribution >= 0.6 is 0 Å². The monoisotopic (exact) mass is 422 g/mol. The van der Waals surface area contributed by atoms with E-state index in [1.807, 2.05) is 51.1 Å². The summed E-state index contributed by atoms with van der Waals surface area (Å²) in [5.74, 6) is -0.683. The normalized spacial score (nSPS) is 17.3. The second-order valence-corrected chi connectivity index (χ2v) is 8.93. The van der Waals surface area contributed by atoms with Crippen LogP contribution < -0.4 is 5.73 Å². The molecule has 0 bridgehead atoms. The number of ether oxygens (including phenoxy) is 1. The van der Waals surface area contributed by atoms with Gasteiger partial charge in [0.1, 0.15) is 11.6 Å². The highest BCUT2D eigenvalue weighted by atomic mass is 16.6. The van der Waals surface area contributed by atoms with Gasteiger partial charge in [-0.3, -0.25) is 9.59 Å². The van der Waals surface area contributed by atoms with E-state index in [1.54, 1.807) is 29.2 Å². The molecule has 0 radical (unpaired) electrons. The van der Waals surface area contributed by atoms with E-state index in [4.69, 9.17) is 10.5 Å². The quantitative estimate of drug-likeness (QED) is 0.571. The molecule has 6 heteroatoms. The molecule has 2 N–H and O–H groups in total. The molecular weight excluding hydrogens is 392 g/mol. The van der Waals surface area contributed by atoms with Crippen molar-refractivity contribution < 1.29 is 19.1 Å². The molecule has 2 aromatic carbocycles. The minimum Gasteiger partial charge on any atom is -0.458 e. The number of likely N-dealkylation sites (tertiary alicyclic amines) is 1. The van der Waals surface area contributed by atoms with Crippen LogP contribution in [0.2, 0.25) is 0 Å². The van der Waals surface area contributed by atoms with Gasteiger partial charge in [0.05, 0.1) is 6.04 Å². The zero-order valence-corrected chi connectivity index (χ0v) is 18.3. The minimum absolute atomic E-state index is 0.0511. The molecule has 1 heterocycles. The maximum Gasteiger partial charge on any atom is 0.329 e. The van der Waals surface area contributed by atoms with Crippen molar-refractivity contribution in [1.29, 1.82) is 0 Å². The summed E-state index contributed by atoms with van der Waals surface area (Å²) in [7, 11) is 0. The van der Waals surface area contributed by atoms with Crippen LogP contribution in [0.5, 0.6) is 0 Å². The summed E-state index contributed by atoms with van der Waals surface area (Å²) in [6, 6.07) is 14.9. The number of esters is 1. The van der Waals surface area contributed by atoms with E-state index in [1.165, 1.54) is 0 Å². The van der Waals surface area contributed by atoms with Gasteiger partial charge in [0.2, 0.25) is 5.91 Å². The molecule has 2 aromatic rings.